The number of nitrogens with zero attached hydrogens (tertiary/aromatic N) is 1. The number of hydrogen-bond acceptors (Lipinski definition) is 3. The SMILES string of the molecule is CCCC(C)N(C)S(=O)(=O)c1ccc(CN)c(Cl)c1. The van der Waals surface area contributed by atoms with Crippen molar-refractivity contribution in [3.63, 3.8) is 0 Å². The molecule has 0 aliphatic carbocycles. The van der Waals surface area contributed by atoms with Gasteiger partial charge in [-0.1, -0.05) is 31.0 Å². The lowest BCUT2D eigenvalue weighted by Crippen LogP contribution is -2.35. The van der Waals surface area contributed by atoms with Gasteiger partial charge in [-0.25, -0.2) is 8.42 Å². The van der Waals surface area contributed by atoms with Gasteiger partial charge in [-0.2, -0.15) is 4.31 Å². The average Bonchev–Trinajstić information content (AvgIpc) is 2.37. The van der Waals surface area contributed by atoms with Gasteiger partial charge in [0.15, 0.2) is 0 Å². The van der Waals surface area contributed by atoms with Gasteiger partial charge in [0, 0.05) is 24.7 Å². The Morgan fingerprint density at radius 1 is 1.42 bits per heavy atom. The Morgan fingerprint density at radius 3 is 2.53 bits per heavy atom. The maximum Gasteiger partial charge on any atom is 0.243 e. The van der Waals surface area contributed by atoms with Gasteiger partial charge in [-0.3, -0.25) is 0 Å². The molecule has 0 bridgehead atoms. The minimum Gasteiger partial charge on any atom is -0.326 e. The third-order valence-electron chi connectivity index (χ3n) is 3.25. The van der Waals surface area contributed by atoms with E-state index < -0.39 is 10.0 Å². The van der Waals surface area contributed by atoms with Gasteiger partial charge < -0.3 is 5.73 Å². The molecule has 0 aliphatic heterocycles. The fraction of sp³-hybridized carbons (Fsp3) is 0.538. The minimum atomic E-state index is -3.50. The van der Waals surface area contributed by atoms with Gasteiger partial charge >= 0.3 is 0 Å². The lowest BCUT2D eigenvalue weighted by molar-refractivity contribution is 0.369. The molecule has 0 spiro atoms. The quantitative estimate of drug-likeness (QED) is 0.878. The van der Waals surface area contributed by atoms with Crippen LogP contribution in [0.5, 0.6) is 0 Å². The molecule has 6 heteroatoms. The second-order valence-electron chi connectivity index (χ2n) is 4.62. The van der Waals surface area contributed by atoms with Gasteiger partial charge in [0.05, 0.1) is 4.90 Å². The molecule has 1 aromatic rings. The second kappa shape index (κ2) is 6.70. The van der Waals surface area contributed by atoms with E-state index in [-0.39, 0.29) is 10.9 Å². The van der Waals surface area contributed by atoms with E-state index in [1.807, 2.05) is 13.8 Å². The largest absolute Gasteiger partial charge is 0.326 e. The molecule has 108 valence electrons. The molecule has 1 unspecified atom stereocenters. The molecule has 19 heavy (non-hydrogen) atoms. The molecule has 0 aliphatic rings. The highest BCUT2D eigenvalue weighted by Crippen LogP contribution is 2.24. The molecule has 0 saturated carbocycles. The number of halogens is 1. The van der Waals surface area contributed by atoms with Gasteiger partial charge in [0.1, 0.15) is 0 Å². The summed E-state index contributed by atoms with van der Waals surface area (Å²) in [5.41, 5.74) is 6.25. The minimum absolute atomic E-state index is 0.0389. The fourth-order valence-electron chi connectivity index (χ4n) is 1.86. The van der Waals surface area contributed by atoms with E-state index in [0.717, 1.165) is 18.4 Å². The van der Waals surface area contributed by atoms with E-state index in [0.29, 0.717) is 11.6 Å². The average molecular weight is 305 g/mol. The van der Waals surface area contributed by atoms with Gasteiger partial charge in [-0.15, -0.1) is 0 Å². The van der Waals surface area contributed by atoms with Gasteiger partial charge in [0.2, 0.25) is 10.0 Å². The molecule has 4 nitrogen and oxygen atoms in total. The summed E-state index contributed by atoms with van der Waals surface area (Å²) in [6.45, 7) is 4.22. The van der Waals surface area contributed by atoms with Crippen LogP contribution in [0.4, 0.5) is 0 Å². The Labute approximate surface area is 120 Å². The summed E-state index contributed by atoms with van der Waals surface area (Å²) in [5, 5.41) is 0.389. The van der Waals surface area contributed by atoms with Crippen molar-refractivity contribution in [2.45, 2.75) is 44.2 Å². The highest BCUT2D eigenvalue weighted by molar-refractivity contribution is 7.89. The number of hydrogen-bond donors (Lipinski definition) is 1. The smallest absolute Gasteiger partial charge is 0.243 e. The molecule has 1 rings (SSSR count). The Morgan fingerprint density at radius 2 is 2.05 bits per heavy atom. The molecule has 1 aromatic carbocycles. The molecule has 0 saturated heterocycles. The normalized spacial score (nSPS) is 13.8. The topological polar surface area (TPSA) is 63.4 Å². The molecule has 0 radical (unpaired) electrons. The first-order valence-electron chi connectivity index (χ1n) is 6.31. The third-order valence-corrected chi connectivity index (χ3v) is 5.57. The molecule has 0 aromatic heterocycles. The highest BCUT2D eigenvalue weighted by Gasteiger charge is 2.25. The van der Waals surface area contributed by atoms with Crippen LogP contribution in [0.25, 0.3) is 0 Å². The molecule has 2 N–H and O–H groups in total. The first-order chi connectivity index (χ1) is 8.84. The van der Waals surface area contributed by atoms with Crippen molar-refractivity contribution in [3.8, 4) is 0 Å². The number of nitrogens with two attached hydrogens (primary N) is 1. The van der Waals surface area contributed by atoms with E-state index in [1.165, 1.54) is 10.4 Å². The predicted octanol–water partition coefficient (Wildman–Crippen LogP) is 2.61. The predicted molar refractivity (Wildman–Crippen MR) is 78.7 cm³/mol. The summed E-state index contributed by atoms with van der Waals surface area (Å²) in [7, 11) is -1.90. The summed E-state index contributed by atoms with van der Waals surface area (Å²) in [4.78, 5) is 0.208. The second-order valence-corrected chi connectivity index (χ2v) is 7.02. The summed E-state index contributed by atoms with van der Waals surface area (Å²) in [5.74, 6) is 0. The van der Waals surface area contributed by atoms with Crippen molar-refractivity contribution in [2.24, 2.45) is 5.73 Å². The van der Waals surface area contributed by atoms with Crippen molar-refractivity contribution >= 4 is 21.6 Å². The van der Waals surface area contributed by atoms with E-state index in [4.69, 9.17) is 17.3 Å². The number of benzene rings is 1. The summed E-state index contributed by atoms with van der Waals surface area (Å²) in [6, 6.07) is 4.64. The highest BCUT2D eigenvalue weighted by atomic mass is 35.5. The first kappa shape index (κ1) is 16.4. The van der Waals surface area contributed by atoms with Crippen LogP contribution in [0.3, 0.4) is 0 Å². The fourth-order valence-corrected chi connectivity index (χ4v) is 3.60. The maximum absolute atomic E-state index is 12.4. The van der Waals surface area contributed by atoms with Crippen molar-refractivity contribution in [2.75, 3.05) is 7.05 Å². The number of sulfonamides is 1. The number of rotatable bonds is 6. The van der Waals surface area contributed by atoms with Crippen LogP contribution in [-0.2, 0) is 16.6 Å². The van der Waals surface area contributed by atoms with Crippen LogP contribution >= 0.6 is 11.6 Å². The molecular formula is C13H21ClN2O2S. The standard InChI is InChI=1S/C13H21ClN2O2S/c1-4-5-10(2)16(3)19(17,18)12-7-6-11(9-15)13(14)8-12/h6-8,10H,4-5,9,15H2,1-3H3. The Kier molecular flexibility index (Phi) is 5.80. The van der Waals surface area contributed by atoms with Crippen molar-refractivity contribution in [1.82, 2.24) is 4.31 Å². The molecule has 0 amide bonds. The van der Waals surface area contributed by atoms with Crippen molar-refractivity contribution in [1.29, 1.82) is 0 Å². The van der Waals surface area contributed by atoms with E-state index in [9.17, 15) is 8.42 Å². The monoisotopic (exact) mass is 304 g/mol. The Bertz CT molecular complexity index is 531. The van der Waals surface area contributed by atoms with Crippen LogP contribution in [0.15, 0.2) is 23.1 Å². The summed E-state index contributed by atoms with van der Waals surface area (Å²) >= 11 is 6.02. The van der Waals surface area contributed by atoms with E-state index >= 15 is 0 Å². The van der Waals surface area contributed by atoms with E-state index in [2.05, 4.69) is 0 Å². The lowest BCUT2D eigenvalue weighted by Gasteiger charge is -2.24. The van der Waals surface area contributed by atoms with Crippen LogP contribution in [-0.4, -0.2) is 25.8 Å². The third kappa shape index (κ3) is 3.69. The maximum atomic E-state index is 12.4. The molecular weight excluding hydrogens is 284 g/mol. The zero-order chi connectivity index (χ0) is 14.6. The van der Waals surface area contributed by atoms with Crippen molar-refractivity contribution < 1.29 is 8.42 Å². The zero-order valence-electron chi connectivity index (χ0n) is 11.6. The first-order valence-corrected chi connectivity index (χ1v) is 8.12. The lowest BCUT2D eigenvalue weighted by atomic mass is 10.2. The molecule has 0 heterocycles. The van der Waals surface area contributed by atoms with Crippen LogP contribution < -0.4 is 5.73 Å². The van der Waals surface area contributed by atoms with Crippen LogP contribution in [0.2, 0.25) is 5.02 Å². The Balaban J connectivity index is 3.10. The molecule has 1 atom stereocenters. The summed E-state index contributed by atoms with van der Waals surface area (Å²) < 4.78 is 26.3. The molecule has 0 fully saturated rings. The van der Waals surface area contributed by atoms with Crippen molar-refractivity contribution in [3.05, 3.63) is 28.8 Å². The van der Waals surface area contributed by atoms with E-state index in [1.54, 1.807) is 19.2 Å². The zero-order valence-corrected chi connectivity index (χ0v) is 13.1. The van der Waals surface area contributed by atoms with Gasteiger partial charge in [-0.05, 0) is 31.0 Å². The van der Waals surface area contributed by atoms with Crippen LogP contribution in [0.1, 0.15) is 32.3 Å². The Hall–Kier alpha value is -0.620. The van der Waals surface area contributed by atoms with Crippen LogP contribution in [0, 0.1) is 0 Å². The van der Waals surface area contributed by atoms with Gasteiger partial charge in [0.25, 0.3) is 0 Å². The summed E-state index contributed by atoms with van der Waals surface area (Å²) in [6.07, 6.45) is 1.76.